The van der Waals surface area contributed by atoms with Gasteiger partial charge in [0.25, 0.3) is 0 Å². The second-order valence-electron chi connectivity index (χ2n) is 8.65. The van der Waals surface area contributed by atoms with Crippen LogP contribution in [0, 0.1) is 0 Å². The molecule has 5 rings (SSSR count). The number of nitrogens with two attached hydrogens (primary N) is 1. The fraction of sp³-hybridized carbons (Fsp3) is 0.360. The Morgan fingerprint density at radius 1 is 1.27 bits per heavy atom. The van der Waals surface area contributed by atoms with Crippen LogP contribution >= 0.6 is 0 Å². The topological polar surface area (TPSA) is 98.6 Å². The van der Waals surface area contributed by atoms with Crippen molar-refractivity contribution >= 4 is 28.2 Å². The number of carbonyl (C=O) groups excluding carboxylic acids is 1. The number of rotatable bonds is 3. The maximum atomic E-state index is 12.1. The highest BCUT2D eigenvalue weighted by atomic mass is 16.5. The number of hydrogen-bond acceptors (Lipinski definition) is 6. The number of aromatic nitrogens is 3. The van der Waals surface area contributed by atoms with Crippen LogP contribution < -0.4 is 5.73 Å². The molecule has 8 heteroatoms. The number of hydrogen-bond donors (Lipinski definition) is 1. The van der Waals surface area contributed by atoms with Crippen molar-refractivity contribution in [1.29, 1.82) is 0 Å². The number of likely N-dealkylation sites (tertiary alicyclic amines) is 1. The molecule has 1 amide bonds. The molecule has 33 heavy (non-hydrogen) atoms. The molecule has 1 aromatic carbocycles. The van der Waals surface area contributed by atoms with Gasteiger partial charge < -0.3 is 15.4 Å². The number of carbonyl (C=O) groups is 1. The van der Waals surface area contributed by atoms with E-state index in [-0.39, 0.29) is 11.9 Å². The summed E-state index contributed by atoms with van der Waals surface area (Å²) in [6.45, 7) is 4.10. The van der Waals surface area contributed by atoms with Gasteiger partial charge in [0.05, 0.1) is 30.1 Å². The first-order valence-corrected chi connectivity index (χ1v) is 11.3. The molecule has 2 saturated heterocycles. The van der Waals surface area contributed by atoms with Crippen LogP contribution in [0.25, 0.3) is 27.9 Å². The zero-order chi connectivity index (χ0) is 22.9. The summed E-state index contributed by atoms with van der Waals surface area (Å²) in [6, 6.07) is 10.2. The lowest BCUT2D eigenvalue weighted by Gasteiger charge is -2.31. The Labute approximate surface area is 192 Å². The van der Waals surface area contributed by atoms with Crippen molar-refractivity contribution in [3.8, 4) is 11.3 Å². The average molecular weight is 445 g/mol. The number of aryl methyl sites for hydroxylation is 1. The first-order valence-electron chi connectivity index (χ1n) is 11.3. The molecule has 3 aromatic rings. The van der Waals surface area contributed by atoms with E-state index in [2.05, 4.69) is 11.2 Å². The minimum Gasteiger partial charge on any atom is -0.398 e. The lowest BCUT2D eigenvalue weighted by Crippen LogP contribution is -2.40. The van der Waals surface area contributed by atoms with Gasteiger partial charge in [-0.2, -0.15) is 5.10 Å². The number of amides is 1. The molecule has 170 valence electrons. The second-order valence-corrected chi connectivity index (χ2v) is 8.65. The van der Waals surface area contributed by atoms with Crippen LogP contribution in [-0.2, 0) is 16.6 Å². The first-order chi connectivity index (χ1) is 16.0. The summed E-state index contributed by atoms with van der Waals surface area (Å²) in [5.41, 5.74) is 13.0. The largest absolute Gasteiger partial charge is 0.398 e. The van der Waals surface area contributed by atoms with E-state index in [1.165, 1.54) is 0 Å². The Hall–Kier alpha value is -3.52. The predicted molar refractivity (Wildman–Crippen MR) is 129 cm³/mol. The van der Waals surface area contributed by atoms with Gasteiger partial charge in [0.2, 0.25) is 5.91 Å². The zero-order valence-corrected chi connectivity index (χ0v) is 19.0. The number of nitrogens with zero attached hydrogens (tertiary/aromatic N) is 5. The van der Waals surface area contributed by atoms with Crippen molar-refractivity contribution in [3.63, 3.8) is 0 Å². The Kier molecular flexibility index (Phi) is 5.68. The van der Waals surface area contributed by atoms with Gasteiger partial charge in [-0.1, -0.05) is 12.1 Å². The molecule has 8 nitrogen and oxygen atoms in total. The number of ether oxygens (including phenoxy) is 1. The Bertz CT molecular complexity index is 1270. The Morgan fingerprint density at radius 2 is 2.15 bits per heavy atom. The molecule has 4 heterocycles. The number of aliphatic imine (C=N–C) groups is 1. The Balaban J connectivity index is 1.59. The third kappa shape index (κ3) is 4.26. The number of piperidine rings is 1. The molecular formula is C25H28N6O2. The van der Waals surface area contributed by atoms with Gasteiger partial charge in [-0.3, -0.25) is 14.5 Å². The van der Waals surface area contributed by atoms with Crippen LogP contribution in [0.15, 0.2) is 53.3 Å². The summed E-state index contributed by atoms with van der Waals surface area (Å²) in [5, 5.41) is 5.22. The van der Waals surface area contributed by atoms with E-state index in [0.717, 1.165) is 52.0 Å². The Morgan fingerprint density at radius 3 is 2.88 bits per heavy atom. The van der Waals surface area contributed by atoms with E-state index in [1.54, 1.807) is 11.6 Å². The smallest absolute Gasteiger partial charge is 0.219 e. The number of fused-ring (bicyclic) bond motifs is 1. The van der Waals surface area contributed by atoms with Crippen molar-refractivity contribution in [1.82, 2.24) is 19.7 Å². The monoisotopic (exact) mass is 444 g/mol. The lowest BCUT2D eigenvalue weighted by molar-refractivity contribution is -0.128. The molecule has 0 radical (unpaired) electrons. The van der Waals surface area contributed by atoms with Crippen LogP contribution in [0.5, 0.6) is 0 Å². The molecule has 0 aliphatic carbocycles. The minimum atomic E-state index is 0.0456. The molecule has 2 aliphatic heterocycles. The SMILES string of the molecule is CC(=O)N1CCC(=N[C@H]2CCOC2)/C(=C(\N)c2cccc3nc(-c4cnn(C)c4)ccc23)C1. The van der Waals surface area contributed by atoms with E-state index in [1.807, 2.05) is 48.6 Å². The quantitative estimate of drug-likeness (QED) is 0.670. The van der Waals surface area contributed by atoms with Gasteiger partial charge in [-0.15, -0.1) is 0 Å². The molecule has 2 aliphatic rings. The summed E-state index contributed by atoms with van der Waals surface area (Å²) in [5.74, 6) is 0.0456. The third-order valence-corrected chi connectivity index (χ3v) is 6.35. The highest BCUT2D eigenvalue weighted by Gasteiger charge is 2.26. The molecular weight excluding hydrogens is 416 g/mol. The molecule has 1 atom stereocenters. The highest BCUT2D eigenvalue weighted by Crippen LogP contribution is 2.29. The molecule has 2 fully saturated rings. The summed E-state index contributed by atoms with van der Waals surface area (Å²) >= 11 is 0. The molecule has 2 aromatic heterocycles. The number of benzene rings is 1. The summed E-state index contributed by atoms with van der Waals surface area (Å²) < 4.78 is 7.28. The zero-order valence-electron chi connectivity index (χ0n) is 19.0. The van der Waals surface area contributed by atoms with Crippen molar-refractivity contribution in [2.45, 2.75) is 25.8 Å². The van der Waals surface area contributed by atoms with Crippen molar-refractivity contribution in [3.05, 3.63) is 53.9 Å². The standard InChI is InChI=1S/C25H28N6O2/c1-16(32)31-10-8-24(28-18-9-11-33-15-18)21(14-31)25(26)20-4-3-5-23-19(20)6-7-22(29-23)17-12-27-30(2)13-17/h3-7,12-13,18H,8-11,14-15,26H2,1-2H3/b25-21-,28-24?/t18-/m0/s1. The molecule has 0 saturated carbocycles. The molecule has 0 bridgehead atoms. The number of pyridine rings is 1. The van der Waals surface area contributed by atoms with E-state index >= 15 is 0 Å². The predicted octanol–water partition coefficient (Wildman–Crippen LogP) is 2.79. The van der Waals surface area contributed by atoms with Gasteiger partial charge in [0, 0.05) is 79.8 Å². The van der Waals surface area contributed by atoms with Crippen LogP contribution in [0.4, 0.5) is 0 Å². The normalized spacial score (nSPS) is 21.7. The second kappa shape index (κ2) is 8.78. The summed E-state index contributed by atoms with van der Waals surface area (Å²) in [7, 11) is 1.89. The lowest BCUT2D eigenvalue weighted by atomic mass is 9.94. The fourth-order valence-electron chi connectivity index (χ4n) is 4.52. The van der Waals surface area contributed by atoms with Crippen LogP contribution in [0.2, 0.25) is 0 Å². The van der Waals surface area contributed by atoms with Crippen LogP contribution in [0.3, 0.4) is 0 Å². The van der Waals surface area contributed by atoms with Gasteiger partial charge in [-0.05, 0) is 24.6 Å². The average Bonchev–Trinajstić information content (AvgIpc) is 3.49. The van der Waals surface area contributed by atoms with Crippen molar-refractivity contribution in [2.24, 2.45) is 17.8 Å². The van der Waals surface area contributed by atoms with Gasteiger partial charge >= 0.3 is 0 Å². The summed E-state index contributed by atoms with van der Waals surface area (Å²) in [4.78, 5) is 23.8. The molecule has 0 unspecified atom stereocenters. The van der Waals surface area contributed by atoms with Crippen molar-refractivity contribution < 1.29 is 9.53 Å². The van der Waals surface area contributed by atoms with E-state index in [4.69, 9.17) is 20.4 Å². The van der Waals surface area contributed by atoms with Crippen LogP contribution in [0.1, 0.15) is 25.3 Å². The van der Waals surface area contributed by atoms with Gasteiger partial charge in [0.15, 0.2) is 0 Å². The maximum absolute atomic E-state index is 12.1. The molecule has 2 N–H and O–H groups in total. The molecule has 0 spiro atoms. The first kappa shape index (κ1) is 21.3. The highest BCUT2D eigenvalue weighted by molar-refractivity contribution is 6.09. The van der Waals surface area contributed by atoms with Gasteiger partial charge in [0.1, 0.15) is 0 Å². The van der Waals surface area contributed by atoms with E-state index < -0.39 is 0 Å². The third-order valence-electron chi connectivity index (χ3n) is 6.35. The summed E-state index contributed by atoms with van der Waals surface area (Å²) in [6.07, 6.45) is 5.37. The van der Waals surface area contributed by atoms with Crippen LogP contribution in [-0.4, -0.2) is 63.6 Å². The van der Waals surface area contributed by atoms with E-state index in [0.29, 0.717) is 31.8 Å². The van der Waals surface area contributed by atoms with Crippen molar-refractivity contribution in [2.75, 3.05) is 26.3 Å². The van der Waals surface area contributed by atoms with E-state index in [9.17, 15) is 4.79 Å². The minimum absolute atomic E-state index is 0.0456. The van der Waals surface area contributed by atoms with Gasteiger partial charge in [-0.25, -0.2) is 4.98 Å². The fourth-order valence-corrected chi connectivity index (χ4v) is 4.52. The maximum Gasteiger partial charge on any atom is 0.219 e.